The van der Waals surface area contributed by atoms with Gasteiger partial charge in [0.2, 0.25) is 5.91 Å². The first-order chi connectivity index (χ1) is 16.7. The van der Waals surface area contributed by atoms with Crippen LogP contribution in [-0.4, -0.2) is 42.4 Å². The minimum absolute atomic E-state index is 0.0124. The van der Waals surface area contributed by atoms with Crippen molar-refractivity contribution in [1.82, 2.24) is 15.3 Å². The summed E-state index contributed by atoms with van der Waals surface area (Å²) in [5, 5.41) is 6.65. The quantitative estimate of drug-likeness (QED) is 0.331. The molecule has 1 heterocycles. The van der Waals surface area contributed by atoms with Crippen molar-refractivity contribution in [3.63, 3.8) is 0 Å². The zero-order valence-electron chi connectivity index (χ0n) is 19.9. The molecule has 1 aromatic heterocycles. The van der Waals surface area contributed by atoms with Gasteiger partial charge in [-0.3, -0.25) is 9.59 Å². The van der Waals surface area contributed by atoms with Crippen molar-refractivity contribution in [3.05, 3.63) is 65.9 Å². The molecule has 2 N–H and O–H groups in total. The summed E-state index contributed by atoms with van der Waals surface area (Å²) >= 11 is 0. The number of ether oxygens (including phenoxy) is 1. The lowest BCUT2D eigenvalue weighted by Gasteiger charge is -2.09. The lowest BCUT2D eigenvalue weighted by molar-refractivity contribution is -0.138. The van der Waals surface area contributed by atoms with Crippen LogP contribution in [0.25, 0.3) is 10.9 Å². The fourth-order valence-corrected chi connectivity index (χ4v) is 3.19. The van der Waals surface area contributed by atoms with Crippen molar-refractivity contribution in [3.8, 4) is 5.75 Å². The number of alkyl halides is 3. The van der Waals surface area contributed by atoms with E-state index in [-0.39, 0.29) is 12.3 Å². The maximum atomic E-state index is 12.4. The maximum absolute atomic E-state index is 12.4. The number of amides is 2. The van der Waals surface area contributed by atoms with Gasteiger partial charge in [-0.25, -0.2) is 5.43 Å². The minimum Gasteiger partial charge on any atom is -0.497 e. The van der Waals surface area contributed by atoms with Gasteiger partial charge in [-0.05, 0) is 48.4 Å². The number of hydrazone groups is 1. The molecule has 3 aromatic rings. The predicted molar refractivity (Wildman–Crippen MR) is 130 cm³/mol. The highest BCUT2D eigenvalue weighted by atomic mass is 19.4. The van der Waals surface area contributed by atoms with Gasteiger partial charge in [-0.2, -0.15) is 18.3 Å². The minimum atomic E-state index is -4.42. The molecule has 188 valence electrons. The summed E-state index contributed by atoms with van der Waals surface area (Å²) in [7, 11) is 1.57. The summed E-state index contributed by atoms with van der Waals surface area (Å²) in [5.74, 6) is -0.329. The number of benzene rings is 2. The highest BCUT2D eigenvalue weighted by Gasteiger charge is 2.27. The van der Waals surface area contributed by atoms with E-state index < -0.39 is 18.6 Å². The molecule has 0 aliphatic heterocycles. The number of aryl methyl sites for hydroxylation is 1. The Bertz CT molecular complexity index is 1160. The van der Waals surface area contributed by atoms with Crippen LogP contribution in [0.3, 0.4) is 0 Å². The molecule has 0 unspecified atom stereocenters. The molecule has 0 saturated heterocycles. The maximum Gasteiger partial charge on any atom is 0.405 e. The summed E-state index contributed by atoms with van der Waals surface area (Å²) in [6.07, 6.45) is -0.728. The van der Waals surface area contributed by atoms with Gasteiger partial charge >= 0.3 is 6.18 Å². The summed E-state index contributed by atoms with van der Waals surface area (Å²) in [5.41, 5.74) is 4.53. The number of methoxy groups -OCH3 is 1. The largest absolute Gasteiger partial charge is 0.497 e. The molecule has 2 aromatic carbocycles. The van der Waals surface area contributed by atoms with Crippen LogP contribution >= 0.6 is 0 Å². The van der Waals surface area contributed by atoms with Gasteiger partial charge in [0.15, 0.2) is 0 Å². The second-order valence-corrected chi connectivity index (χ2v) is 7.25. The molecule has 0 bridgehead atoms. The molecule has 0 atom stereocenters. The van der Waals surface area contributed by atoms with Crippen molar-refractivity contribution in [2.24, 2.45) is 5.10 Å². The Balaban J connectivity index is 0.00000210. The molecular formula is C25H29F3N4O3. The molecule has 0 fully saturated rings. The van der Waals surface area contributed by atoms with E-state index in [1.807, 2.05) is 41.9 Å². The van der Waals surface area contributed by atoms with E-state index in [1.54, 1.807) is 43.6 Å². The third-order valence-electron chi connectivity index (χ3n) is 4.80. The number of rotatable bonds is 9. The monoisotopic (exact) mass is 490 g/mol. The van der Waals surface area contributed by atoms with Gasteiger partial charge in [0.25, 0.3) is 5.91 Å². The van der Waals surface area contributed by atoms with Crippen molar-refractivity contribution in [2.45, 2.75) is 39.4 Å². The van der Waals surface area contributed by atoms with Crippen LogP contribution in [0, 0.1) is 0 Å². The molecule has 2 amide bonds. The Morgan fingerprint density at radius 2 is 1.89 bits per heavy atom. The third-order valence-corrected chi connectivity index (χ3v) is 4.80. The predicted octanol–water partition coefficient (Wildman–Crippen LogP) is 4.90. The van der Waals surface area contributed by atoms with Gasteiger partial charge in [0, 0.05) is 35.6 Å². The summed E-state index contributed by atoms with van der Waals surface area (Å²) < 4.78 is 43.4. The van der Waals surface area contributed by atoms with E-state index in [1.165, 1.54) is 6.21 Å². The van der Waals surface area contributed by atoms with Crippen molar-refractivity contribution in [1.29, 1.82) is 0 Å². The molecule has 0 radical (unpaired) electrons. The molecule has 35 heavy (non-hydrogen) atoms. The van der Waals surface area contributed by atoms with Crippen LogP contribution in [-0.2, 0) is 11.3 Å². The number of carbonyl (C=O) groups excluding carboxylic acids is 2. The lowest BCUT2D eigenvalue weighted by Crippen LogP contribution is -2.33. The first-order valence-corrected chi connectivity index (χ1v) is 11.1. The first-order valence-electron chi connectivity index (χ1n) is 11.1. The van der Waals surface area contributed by atoms with Crippen LogP contribution in [0.4, 0.5) is 13.2 Å². The normalized spacial score (nSPS) is 11.1. The van der Waals surface area contributed by atoms with Crippen molar-refractivity contribution < 1.29 is 27.5 Å². The number of nitrogens with zero attached hydrogens (tertiary/aromatic N) is 2. The Kier molecular flexibility index (Phi) is 10.3. The number of aromatic nitrogens is 1. The Labute approximate surface area is 202 Å². The number of hydrogen-bond donors (Lipinski definition) is 2. The lowest BCUT2D eigenvalue weighted by atomic mass is 10.1. The zero-order chi connectivity index (χ0) is 25.8. The summed E-state index contributed by atoms with van der Waals surface area (Å²) in [6, 6.07) is 14.2. The van der Waals surface area contributed by atoms with Gasteiger partial charge in [0.05, 0.1) is 13.3 Å². The van der Waals surface area contributed by atoms with E-state index in [9.17, 15) is 22.8 Å². The molecule has 0 saturated carbocycles. The Morgan fingerprint density at radius 1 is 1.11 bits per heavy atom. The molecule has 0 spiro atoms. The van der Waals surface area contributed by atoms with E-state index in [0.717, 1.165) is 16.5 Å². The van der Waals surface area contributed by atoms with Crippen molar-refractivity contribution >= 4 is 28.9 Å². The van der Waals surface area contributed by atoms with Gasteiger partial charge < -0.3 is 14.6 Å². The molecule has 10 heteroatoms. The average Bonchev–Trinajstić information content (AvgIpc) is 3.26. The smallest absolute Gasteiger partial charge is 0.405 e. The molecule has 0 aliphatic rings. The van der Waals surface area contributed by atoms with Crippen molar-refractivity contribution in [2.75, 3.05) is 13.7 Å². The number of halogens is 3. The number of nitrogens with one attached hydrogen (secondary N) is 2. The summed E-state index contributed by atoms with van der Waals surface area (Å²) in [6.45, 7) is 3.13. The van der Waals surface area contributed by atoms with Gasteiger partial charge in [-0.1, -0.05) is 26.0 Å². The van der Waals surface area contributed by atoms with Gasteiger partial charge in [-0.15, -0.1) is 0 Å². The number of hydrogen-bond acceptors (Lipinski definition) is 4. The number of fused-ring (bicyclic) bond motifs is 1. The van der Waals surface area contributed by atoms with E-state index in [0.29, 0.717) is 24.3 Å². The van der Waals surface area contributed by atoms with E-state index >= 15 is 0 Å². The molecule has 7 nitrogen and oxygen atoms in total. The number of carbonyl (C=O) groups is 2. The topological polar surface area (TPSA) is 84.7 Å². The second kappa shape index (κ2) is 13.2. The standard InChI is InChI=1S/C23H23F3N4O3.C2H6/c1-33-19-5-2-4-16(12-19)14-28-29-22(32)18-7-8-20-17(13-18)9-11-30(20)10-3-6-21(31)27-15-23(24,25)26;1-2/h2,4-5,7-9,11-14H,3,6,10,15H2,1H3,(H,27,31)(H,29,32);1-2H3/b28-14+;. The fraction of sp³-hybridized carbons (Fsp3) is 0.320. The van der Waals surface area contributed by atoms with Crippen LogP contribution in [0.5, 0.6) is 5.75 Å². The van der Waals surface area contributed by atoms with Crippen LogP contribution in [0.15, 0.2) is 59.8 Å². The van der Waals surface area contributed by atoms with E-state index in [2.05, 4.69) is 10.5 Å². The van der Waals surface area contributed by atoms with E-state index in [4.69, 9.17) is 4.74 Å². The molecule has 0 aliphatic carbocycles. The van der Waals surface area contributed by atoms with Gasteiger partial charge in [0.1, 0.15) is 12.3 Å². The highest BCUT2D eigenvalue weighted by Crippen LogP contribution is 2.19. The van der Waals surface area contributed by atoms with Crippen LogP contribution in [0.2, 0.25) is 0 Å². The summed E-state index contributed by atoms with van der Waals surface area (Å²) in [4.78, 5) is 23.9. The second-order valence-electron chi connectivity index (χ2n) is 7.25. The average molecular weight is 491 g/mol. The SMILES string of the molecule is CC.COc1cccc(/C=N/NC(=O)c2ccc3c(ccn3CCCC(=O)NCC(F)(F)F)c2)c1. The molecular weight excluding hydrogens is 461 g/mol. The third kappa shape index (κ3) is 8.80. The van der Waals surface area contributed by atoms with Crippen LogP contribution in [0.1, 0.15) is 42.6 Å². The molecule has 3 rings (SSSR count). The zero-order valence-corrected chi connectivity index (χ0v) is 19.9. The first kappa shape index (κ1) is 27.4. The van der Waals surface area contributed by atoms with Crippen LogP contribution < -0.4 is 15.5 Å². The fourth-order valence-electron chi connectivity index (χ4n) is 3.19. The Hall–Kier alpha value is -3.82. The highest BCUT2D eigenvalue weighted by molar-refractivity contribution is 5.98. The Morgan fingerprint density at radius 3 is 2.60 bits per heavy atom.